The normalized spacial score (nSPS) is 11.6. The summed E-state index contributed by atoms with van der Waals surface area (Å²) >= 11 is 0. The van der Waals surface area contributed by atoms with Crippen LogP contribution in [0.4, 0.5) is 5.69 Å². The molecule has 0 aliphatic heterocycles. The number of halogens is 1. The summed E-state index contributed by atoms with van der Waals surface area (Å²) in [5.74, 6) is 1.10. The first-order valence-corrected chi connectivity index (χ1v) is 11.0. The quantitative estimate of drug-likeness (QED) is 0.163. The fraction of sp³-hybridized carbons (Fsp3) is 0.611. The van der Waals surface area contributed by atoms with Gasteiger partial charge in [-0.1, -0.05) is 39.0 Å². The number of ether oxygens (including phenoxy) is 1. The average molecular weight is 512 g/mol. The second-order valence-corrected chi connectivity index (χ2v) is 7.96. The lowest BCUT2D eigenvalue weighted by molar-refractivity contribution is 0.322. The minimum atomic E-state index is -3.26. The minimum absolute atomic E-state index is 0. The van der Waals surface area contributed by atoms with Crippen LogP contribution >= 0.6 is 24.0 Å². The van der Waals surface area contributed by atoms with Crippen molar-refractivity contribution < 1.29 is 13.2 Å². The van der Waals surface area contributed by atoms with Crippen molar-refractivity contribution in [1.82, 2.24) is 5.32 Å². The summed E-state index contributed by atoms with van der Waals surface area (Å²) in [4.78, 5) is 4.29. The monoisotopic (exact) mass is 512 g/mol. The highest BCUT2D eigenvalue weighted by molar-refractivity contribution is 14.0. The first kappa shape index (κ1) is 25.8. The van der Waals surface area contributed by atoms with Crippen LogP contribution in [0.25, 0.3) is 0 Å². The number of guanidine groups is 1. The van der Waals surface area contributed by atoms with E-state index in [4.69, 9.17) is 10.5 Å². The number of benzene rings is 1. The Hall–Kier alpha value is -1.23. The number of nitrogens with zero attached hydrogens (tertiary/aromatic N) is 1. The fourth-order valence-corrected chi connectivity index (χ4v) is 2.89. The van der Waals surface area contributed by atoms with Crippen LogP contribution in [0.15, 0.2) is 29.3 Å². The van der Waals surface area contributed by atoms with Crippen LogP contribution in [0.5, 0.6) is 5.75 Å². The molecule has 0 saturated carbocycles. The lowest BCUT2D eigenvalue weighted by Gasteiger charge is -2.09. The Bertz CT molecular complexity index is 637. The van der Waals surface area contributed by atoms with Crippen LogP contribution in [0.3, 0.4) is 0 Å². The molecular formula is C18H33IN4O3S. The van der Waals surface area contributed by atoms with Gasteiger partial charge >= 0.3 is 0 Å². The third kappa shape index (κ3) is 14.5. The van der Waals surface area contributed by atoms with Crippen molar-refractivity contribution >= 4 is 45.6 Å². The summed E-state index contributed by atoms with van der Waals surface area (Å²) in [5, 5.41) is 3.02. The van der Waals surface area contributed by atoms with E-state index in [2.05, 4.69) is 22.0 Å². The predicted molar refractivity (Wildman–Crippen MR) is 124 cm³/mol. The van der Waals surface area contributed by atoms with Crippen molar-refractivity contribution in [1.29, 1.82) is 0 Å². The van der Waals surface area contributed by atoms with Crippen molar-refractivity contribution in [2.75, 3.05) is 30.7 Å². The van der Waals surface area contributed by atoms with Gasteiger partial charge in [0.1, 0.15) is 12.4 Å². The van der Waals surface area contributed by atoms with E-state index < -0.39 is 10.0 Å². The first-order valence-electron chi connectivity index (χ1n) is 9.15. The van der Waals surface area contributed by atoms with Crippen molar-refractivity contribution in [2.45, 2.75) is 45.4 Å². The number of unbranched alkanes of at least 4 members (excludes halogenated alkanes) is 5. The Morgan fingerprint density at radius 1 is 1.11 bits per heavy atom. The summed E-state index contributed by atoms with van der Waals surface area (Å²) in [6.45, 7) is 3.95. The maximum absolute atomic E-state index is 11.1. The first-order chi connectivity index (χ1) is 12.4. The van der Waals surface area contributed by atoms with Crippen LogP contribution in [0.1, 0.15) is 45.4 Å². The van der Waals surface area contributed by atoms with Crippen molar-refractivity contribution in [3.05, 3.63) is 24.3 Å². The molecular weight excluding hydrogens is 479 g/mol. The Labute approximate surface area is 180 Å². The zero-order valence-electron chi connectivity index (χ0n) is 16.2. The van der Waals surface area contributed by atoms with Crippen LogP contribution < -0.4 is 20.5 Å². The molecule has 0 aliphatic carbocycles. The van der Waals surface area contributed by atoms with Gasteiger partial charge in [-0.05, 0) is 30.7 Å². The summed E-state index contributed by atoms with van der Waals surface area (Å²) in [7, 11) is -3.26. The lowest BCUT2D eigenvalue weighted by Crippen LogP contribution is -2.34. The maximum Gasteiger partial charge on any atom is 0.229 e. The highest BCUT2D eigenvalue weighted by Crippen LogP contribution is 2.16. The lowest BCUT2D eigenvalue weighted by atomic mass is 10.1. The second-order valence-electron chi connectivity index (χ2n) is 6.21. The van der Waals surface area contributed by atoms with E-state index in [0.717, 1.165) is 19.2 Å². The van der Waals surface area contributed by atoms with Gasteiger partial charge in [0.05, 0.1) is 12.8 Å². The molecule has 0 heterocycles. The van der Waals surface area contributed by atoms with E-state index in [1.807, 2.05) is 0 Å². The van der Waals surface area contributed by atoms with E-state index in [1.165, 1.54) is 32.1 Å². The molecule has 1 aromatic rings. The molecule has 0 aromatic heterocycles. The van der Waals surface area contributed by atoms with Gasteiger partial charge in [0.2, 0.25) is 10.0 Å². The van der Waals surface area contributed by atoms with E-state index in [-0.39, 0.29) is 24.0 Å². The summed E-state index contributed by atoms with van der Waals surface area (Å²) in [6, 6.07) is 6.73. The van der Waals surface area contributed by atoms with Crippen molar-refractivity contribution in [3.63, 3.8) is 0 Å². The number of aliphatic imine (C=N–C) groups is 1. The SMILES string of the molecule is CCCCCCCCN=C(N)NCCOc1ccc(NS(C)(=O)=O)cc1.I. The Morgan fingerprint density at radius 3 is 2.37 bits per heavy atom. The Kier molecular flexibility index (Phi) is 14.1. The molecule has 0 saturated heterocycles. The molecule has 0 radical (unpaired) electrons. The van der Waals surface area contributed by atoms with E-state index >= 15 is 0 Å². The number of nitrogens with one attached hydrogen (secondary N) is 2. The summed E-state index contributed by atoms with van der Waals surface area (Å²) in [6.07, 6.45) is 8.52. The molecule has 156 valence electrons. The van der Waals surface area contributed by atoms with Crippen LogP contribution in [0.2, 0.25) is 0 Å². The molecule has 0 atom stereocenters. The zero-order chi connectivity index (χ0) is 19.3. The van der Waals surface area contributed by atoms with Gasteiger partial charge in [-0.3, -0.25) is 9.71 Å². The van der Waals surface area contributed by atoms with Gasteiger partial charge in [0, 0.05) is 12.2 Å². The average Bonchev–Trinajstić information content (AvgIpc) is 2.58. The maximum atomic E-state index is 11.1. The number of nitrogens with two attached hydrogens (primary N) is 1. The standard InChI is InChI=1S/C18H32N4O3S.HI/c1-3-4-5-6-7-8-13-20-18(19)21-14-15-25-17-11-9-16(10-12-17)22-26(2,23)24;/h9-12,22H,3-8,13-15H2,1-2H3,(H3,19,20,21);1H. The highest BCUT2D eigenvalue weighted by Gasteiger charge is 2.02. The molecule has 0 amide bonds. The van der Waals surface area contributed by atoms with E-state index in [1.54, 1.807) is 24.3 Å². The molecule has 0 spiro atoms. The molecule has 9 heteroatoms. The number of anilines is 1. The van der Waals surface area contributed by atoms with Crippen molar-refractivity contribution in [2.24, 2.45) is 10.7 Å². The summed E-state index contributed by atoms with van der Waals surface area (Å²) in [5.41, 5.74) is 6.32. The Morgan fingerprint density at radius 2 is 1.74 bits per heavy atom. The molecule has 27 heavy (non-hydrogen) atoms. The highest BCUT2D eigenvalue weighted by atomic mass is 127. The number of hydrogen-bond acceptors (Lipinski definition) is 4. The molecule has 0 fully saturated rings. The van der Waals surface area contributed by atoms with Gasteiger partial charge < -0.3 is 15.8 Å². The third-order valence-electron chi connectivity index (χ3n) is 3.63. The van der Waals surface area contributed by atoms with Gasteiger partial charge in [-0.2, -0.15) is 0 Å². The topological polar surface area (TPSA) is 106 Å². The smallest absolute Gasteiger partial charge is 0.229 e. The summed E-state index contributed by atoms with van der Waals surface area (Å²) < 4.78 is 30.3. The third-order valence-corrected chi connectivity index (χ3v) is 4.23. The molecule has 0 bridgehead atoms. The van der Waals surface area contributed by atoms with Crippen LogP contribution in [-0.4, -0.2) is 40.3 Å². The number of hydrogen-bond donors (Lipinski definition) is 3. The predicted octanol–water partition coefficient (Wildman–Crippen LogP) is 3.32. The van der Waals surface area contributed by atoms with Gasteiger partial charge in [0.15, 0.2) is 5.96 Å². The largest absolute Gasteiger partial charge is 0.492 e. The molecule has 0 aliphatic rings. The van der Waals surface area contributed by atoms with E-state index in [9.17, 15) is 8.42 Å². The fourth-order valence-electron chi connectivity index (χ4n) is 2.33. The molecule has 7 nitrogen and oxygen atoms in total. The minimum Gasteiger partial charge on any atom is -0.492 e. The van der Waals surface area contributed by atoms with Crippen molar-refractivity contribution in [3.8, 4) is 5.75 Å². The van der Waals surface area contributed by atoms with Gasteiger partial charge in [-0.25, -0.2) is 8.42 Å². The van der Waals surface area contributed by atoms with Crippen LogP contribution in [-0.2, 0) is 10.0 Å². The molecule has 4 N–H and O–H groups in total. The van der Waals surface area contributed by atoms with E-state index in [0.29, 0.717) is 30.5 Å². The zero-order valence-corrected chi connectivity index (χ0v) is 19.4. The second kappa shape index (κ2) is 14.8. The molecule has 0 unspecified atom stereocenters. The van der Waals surface area contributed by atoms with Gasteiger partial charge in [0.25, 0.3) is 0 Å². The number of sulfonamides is 1. The van der Waals surface area contributed by atoms with Gasteiger partial charge in [-0.15, -0.1) is 24.0 Å². The molecule has 1 rings (SSSR count). The van der Waals surface area contributed by atoms with Crippen LogP contribution in [0, 0.1) is 0 Å². The molecule has 1 aromatic carbocycles. The Balaban J connectivity index is 0.00000676. The number of rotatable bonds is 13.